The van der Waals surface area contributed by atoms with Crippen molar-refractivity contribution in [3.63, 3.8) is 0 Å². The molecule has 1 fully saturated rings. The molecule has 1 saturated carbocycles. The first-order chi connectivity index (χ1) is 16.8. The molecule has 2 heterocycles. The molecule has 1 aliphatic rings. The number of nitrogens with zero attached hydrogens (tertiary/aromatic N) is 2. The van der Waals surface area contributed by atoms with Crippen LogP contribution in [-0.4, -0.2) is 25.9 Å². The highest BCUT2D eigenvalue weighted by Crippen LogP contribution is 2.34. The fraction of sp³-hybridized carbons (Fsp3) is 0.333. The number of fused-ring (bicyclic) bond motifs is 2. The van der Waals surface area contributed by atoms with Gasteiger partial charge in [-0.25, -0.2) is 0 Å². The average Bonchev–Trinajstić information content (AvgIpc) is 3.25. The smallest absolute Gasteiger partial charge is 0.352 e. The van der Waals surface area contributed by atoms with Crippen molar-refractivity contribution in [2.75, 3.05) is 6.54 Å². The Bertz CT molecular complexity index is 1370. The molecule has 4 nitrogen and oxygen atoms in total. The number of nitrogens with one attached hydrogen (secondary N) is 1. The van der Waals surface area contributed by atoms with Crippen LogP contribution in [0.3, 0.4) is 0 Å². The number of carbonyl (C=O) groups excluding carboxylic acids is 1. The van der Waals surface area contributed by atoms with Crippen molar-refractivity contribution in [1.29, 1.82) is 0 Å². The lowest BCUT2D eigenvalue weighted by molar-refractivity contribution is -0.137. The number of hydrogen-bond donors (Lipinski definition) is 1. The van der Waals surface area contributed by atoms with E-state index in [1.807, 2.05) is 34.9 Å². The highest BCUT2D eigenvalue weighted by Gasteiger charge is 2.33. The van der Waals surface area contributed by atoms with Crippen molar-refractivity contribution in [2.24, 2.45) is 5.92 Å². The summed E-state index contributed by atoms with van der Waals surface area (Å²) in [6, 6.07) is 13.5. The van der Waals surface area contributed by atoms with Crippen molar-refractivity contribution in [1.82, 2.24) is 14.9 Å². The van der Waals surface area contributed by atoms with Crippen LogP contribution in [0.15, 0.2) is 60.9 Å². The third-order valence-electron chi connectivity index (χ3n) is 6.76. The van der Waals surface area contributed by atoms with E-state index in [0.717, 1.165) is 54.3 Å². The van der Waals surface area contributed by atoms with Crippen molar-refractivity contribution in [3.8, 4) is 0 Å². The Morgan fingerprint density at radius 1 is 1.06 bits per heavy atom. The molecule has 0 bridgehead atoms. The molecule has 0 saturated heterocycles. The number of carbonyl (C=O) groups is 1. The molecular weight excluding hydrogens is 566 g/mol. The first-order valence-electron chi connectivity index (χ1n) is 11.7. The first-order valence-corrected chi connectivity index (χ1v) is 13.0. The second kappa shape index (κ2) is 9.79. The zero-order chi connectivity index (χ0) is 24.6. The summed E-state index contributed by atoms with van der Waals surface area (Å²) in [6.45, 7) is 0.877. The van der Waals surface area contributed by atoms with Gasteiger partial charge in [0.2, 0.25) is 0 Å². The number of amides is 1. The SMILES string of the molecule is O=C(NC[C@H]1CC[C@H](I)CC1)c1cc(C(F)(F)F)cc2ccn(Cc3cnc4ccccc4c3)c12. The largest absolute Gasteiger partial charge is 0.416 e. The summed E-state index contributed by atoms with van der Waals surface area (Å²) in [5.74, 6) is -0.101. The Kier molecular flexibility index (Phi) is 6.74. The van der Waals surface area contributed by atoms with Crippen LogP contribution in [0.1, 0.15) is 47.2 Å². The Morgan fingerprint density at radius 3 is 2.60 bits per heavy atom. The molecule has 0 aliphatic heterocycles. The Balaban J connectivity index is 1.47. The summed E-state index contributed by atoms with van der Waals surface area (Å²) in [7, 11) is 0. The molecule has 0 unspecified atom stereocenters. The van der Waals surface area contributed by atoms with E-state index in [9.17, 15) is 18.0 Å². The van der Waals surface area contributed by atoms with Crippen molar-refractivity contribution in [3.05, 3.63) is 77.6 Å². The summed E-state index contributed by atoms with van der Waals surface area (Å²) < 4.78 is 43.4. The van der Waals surface area contributed by atoms with Crippen molar-refractivity contribution < 1.29 is 18.0 Å². The van der Waals surface area contributed by atoms with Gasteiger partial charge in [-0.1, -0.05) is 40.8 Å². The molecule has 2 aromatic carbocycles. The Hall–Kier alpha value is -2.62. The van der Waals surface area contributed by atoms with Crippen molar-refractivity contribution in [2.45, 2.75) is 42.3 Å². The van der Waals surface area contributed by atoms with Gasteiger partial charge < -0.3 is 9.88 Å². The van der Waals surface area contributed by atoms with E-state index in [1.54, 1.807) is 18.5 Å². The normalized spacial score (nSPS) is 18.7. The number of para-hydroxylation sites is 1. The number of alkyl halides is 4. The van der Waals surface area contributed by atoms with E-state index in [4.69, 9.17) is 0 Å². The first kappa shape index (κ1) is 24.1. The second-order valence-corrected chi connectivity index (χ2v) is 11.0. The summed E-state index contributed by atoms with van der Waals surface area (Å²) >= 11 is 2.45. The van der Waals surface area contributed by atoms with Gasteiger partial charge in [0.05, 0.1) is 22.2 Å². The van der Waals surface area contributed by atoms with Gasteiger partial charge in [-0.3, -0.25) is 9.78 Å². The minimum atomic E-state index is -4.54. The van der Waals surface area contributed by atoms with Crippen LogP contribution in [0.25, 0.3) is 21.8 Å². The van der Waals surface area contributed by atoms with Crippen LogP contribution in [-0.2, 0) is 12.7 Å². The van der Waals surface area contributed by atoms with Gasteiger partial charge in [0.25, 0.3) is 5.91 Å². The molecule has 1 N–H and O–H groups in total. The Labute approximate surface area is 215 Å². The standard InChI is InChI=1S/C27H25F3IN3O/c28-27(29,30)21-12-20-9-10-34(16-18-11-19-3-1-2-4-24(19)32-15-18)25(20)23(13-21)26(35)33-14-17-5-7-22(31)8-6-17/h1-4,9-13,15,17,22H,5-8,14,16H2,(H,33,35)/t17-,22-. The molecule has 182 valence electrons. The summed E-state index contributed by atoms with van der Waals surface area (Å²) in [5, 5.41) is 4.30. The quantitative estimate of drug-likeness (QED) is 0.201. The van der Waals surface area contributed by atoms with Gasteiger partial charge >= 0.3 is 6.18 Å². The van der Waals surface area contributed by atoms with E-state index in [0.29, 0.717) is 33.8 Å². The maximum Gasteiger partial charge on any atom is 0.416 e. The highest BCUT2D eigenvalue weighted by molar-refractivity contribution is 14.1. The molecule has 5 rings (SSSR count). The van der Waals surface area contributed by atoms with E-state index in [2.05, 4.69) is 32.9 Å². The fourth-order valence-corrected chi connectivity index (χ4v) is 5.59. The zero-order valence-electron chi connectivity index (χ0n) is 19.0. The predicted octanol–water partition coefficient (Wildman–Crippen LogP) is 6.98. The van der Waals surface area contributed by atoms with E-state index >= 15 is 0 Å². The molecule has 0 radical (unpaired) electrons. The highest BCUT2D eigenvalue weighted by atomic mass is 127. The number of rotatable bonds is 5. The van der Waals surface area contributed by atoms with E-state index in [-0.39, 0.29) is 5.56 Å². The van der Waals surface area contributed by atoms with Crippen LogP contribution in [0, 0.1) is 5.92 Å². The molecule has 1 aliphatic carbocycles. The summed E-state index contributed by atoms with van der Waals surface area (Å²) in [4.78, 5) is 17.7. The molecule has 2 aromatic heterocycles. The number of halogens is 4. The van der Waals surface area contributed by atoms with Gasteiger partial charge in [-0.15, -0.1) is 0 Å². The lowest BCUT2D eigenvalue weighted by Crippen LogP contribution is -2.32. The molecule has 1 amide bonds. The van der Waals surface area contributed by atoms with Gasteiger partial charge in [0.1, 0.15) is 0 Å². The van der Waals surface area contributed by atoms with Gasteiger partial charge in [0.15, 0.2) is 0 Å². The topological polar surface area (TPSA) is 46.9 Å². The van der Waals surface area contributed by atoms with Gasteiger partial charge in [0, 0.05) is 40.2 Å². The minimum Gasteiger partial charge on any atom is -0.352 e. The fourth-order valence-electron chi connectivity index (χ4n) is 4.88. The van der Waals surface area contributed by atoms with Crippen molar-refractivity contribution >= 4 is 50.3 Å². The minimum absolute atomic E-state index is 0.0520. The lowest BCUT2D eigenvalue weighted by atomic mass is 9.89. The second-order valence-electron chi connectivity index (χ2n) is 9.27. The van der Waals surface area contributed by atoms with Crippen LogP contribution >= 0.6 is 22.6 Å². The number of aromatic nitrogens is 2. The van der Waals surface area contributed by atoms with Gasteiger partial charge in [-0.2, -0.15) is 13.2 Å². The molecule has 0 atom stereocenters. The number of benzene rings is 2. The van der Waals surface area contributed by atoms with Gasteiger partial charge in [-0.05, 0) is 67.5 Å². The van der Waals surface area contributed by atoms with Crippen LogP contribution in [0.5, 0.6) is 0 Å². The summed E-state index contributed by atoms with van der Waals surface area (Å²) in [6.07, 6.45) is 3.23. The maximum absolute atomic E-state index is 13.6. The third kappa shape index (κ3) is 5.32. The predicted molar refractivity (Wildman–Crippen MR) is 140 cm³/mol. The molecule has 8 heteroatoms. The number of hydrogen-bond acceptors (Lipinski definition) is 2. The molecule has 35 heavy (non-hydrogen) atoms. The van der Waals surface area contributed by atoms with E-state index in [1.165, 1.54) is 0 Å². The van der Waals surface area contributed by atoms with Crippen LogP contribution < -0.4 is 5.32 Å². The summed E-state index contributed by atoms with van der Waals surface area (Å²) in [5.41, 5.74) is 1.52. The Morgan fingerprint density at radius 2 is 1.83 bits per heavy atom. The molecule has 0 spiro atoms. The van der Waals surface area contributed by atoms with E-state index < -0.39 is 17.6 Å². The number of pyridine rings is 1. The van der Waals surface area contributed by atoms with Crippen LogP contribution in [0.4, 0.5) is 13.2 Å². The monoisotopic (exact) mass is 591 g/mol. The molecule has 4 aromatic rings. The average molecular weight is 591 g/mol. The van der Waals surface area contributed by atoms with Crippen LogP contribution in [0.2, 0.25) is 0 Å². The zero-order valence-corrected chi connectivity index (χ0v) is 21.1. The molecular formula is C27H25F3IN3O. The third-order valence-corrected chi connectivity index (χ3v) is 8.01. The maximum atomic E-state index is 13.6. The lowest BCUT2D eigenvalue weighted by Gasteiger charge is -2.25.